The first-order chi connectivity index (χ1) is 37.1. The zero-order valence-electron chi connectivity index (χ0n) is 43.2. The minimum Gasteiger partial charge on any atom is -0.281 e. The summed E-state index contributed by atoms with van der Waals surface area (Å²) in [7, 11) is -1.66. The first-order valence-corrected chi connectivity index (χ1v) is 30.7. The van der Waals surface area contributed by atoms with Crippen molar-refractivity contribution in [2.24, 2.45) is 5.41 Å². The molecule has 0 spiro atoms. The van der Waals surface area contributed by atoms with Crippen LogP contribution >= 0.6 is 23.8 Å². The molecule has 376 valence electrons. The van der Waals surface area contributed by atoms with Gasteiger partial charge in [0.2, 0.25) is 0 Å². The number of benzene rings is 10. The Kier molecular flexibility index (Phi) is 21.3. The largest absolute Gasteiger partial charge is 3.00 e. The third-order valence-corrected chi connectivity index (χ3v) is 22.7. The Balaban J connectivity index is 0.000000200. The Morgan fingerprint density at radius 1 is 0.263 bits per heavy atom. The summed E-state index contributed by atoms with van der Waals surface area (Å²) in [5.74, 6) is 0. The summed E-state index contributed by atoms with van der Waals surface area (Å²) < 4.78 is 0. The monoisotopic (exact) mass is 1210 g/mol. The van der Waals surface area contributed by atoms with Gasteiger partial charge in [-0.25, -0.2) is 0 Å². The predicted octanol–water partition coefficient (Wildman–Crippen LogP) is 13.0. The minimum atomic E-state index is -1.22. The molecule has 0 saturated heterocycles. The average Bonchev–Trinajstić information content (AvgIpc) is 3.53. The fourth-order valence-electron chi connectivity index (χ4n) is 10.4. The van der Waals surface area contributed by atoms with Crippen molar-refractivity contribution in [1.29, 1.82) is 0 Å². The summed E-state index contributed by atoms with van der Waals surface area (Å²) in [6.07, 6.45) is 14.2. The molecule has 0 fully saturated rings. The van der Waals surface area contributed by atoms with Crippen molar-refractivity contribution in [3.63, 3.8) is 0 Å². The fourth-order valence-corrected chi connectivity index (χ4v) is 19.1. The molecule has 0 bridgehead atoms. The predicted molar refractivity (Wildman–Crippen MR) is 337 cm³/mol. The summed E-state index contributed by atoms with van der Waals surface area (Å²) in [6.45, 7) is 2.61. The Morgan fingerprint density at radius 3 is 0.579 bits per heavy atom. The molecule has 0 aromatic heterocycles. The summed E-state index contributed by atoms with van der Waals surface area (Å²) >= 11 is 0. The molecule has 0 saturated carbocycles. The van der Waals surface area contributed by atoms with Gasteiger partial charge in [-0.05, 0) is 79.5 Å². The fraction of sp³-hybridized carbons (Fsp3) is 0.0704. The molecular formula is C71H65BIrP3. The van der Waals surface area contributed by atoms with Gasteiger partial charge in [0.05, 0.1) is 0 Å². The second kappa shape index (κ2) is 29.1. The maximum atomic E-state index is 2.61. The molecule has 11 rings (SSSR count). The molecule has 0 nitrogen and oxygen atoms in total. The Bertz CT molecular complexity index is 2720. The third-order valence-electron chi connectivity index (χ3n) is 13.9. The SMILES string of the molecule is C1=C[CH-]C=C[CH-]1.CC(CP(c1ccccc1)c1ccccc1)(CP(c1ccccc1)c1ccccc1)CP(c1ccccc1)c1ccccc1.[Ir+3].c1ccc([B-](c2ccccc2)(c2ccccc2)c2ccccc2)cc1. The molecule has 0 unspecified atom stereocenters. The van der Waals surface area contributed by atoms with Crippen molar-refractivity contribution in [1.82, 2.24) is 0 Å². The standard InChI is InChI=1S/C41H39P3.C24H20B.C6H6.Ir/c1-41(32-42(35-20-8-2-9-21-35)36-22-10-3-11-23-36,33-43(37-24-12-4-13-25-37)38-26-14-5-15-27-38)34-44(39-28-16-6-17-29-39)40-30-18-7-19-31-40;1-5-13-21(14-6-1)25(22-15-7-2-8-16-22,23-17-9-3-10-18-23)24-19-11-4-12-20-24;1-2-4-6-5-3-1;/h2-31H,32-34H2,1H3;1-20H;1-6H;/q;-1;-2;+3. The molecule has 5 heteroatoms. The molecule has 0 radical (unpaired) electrons. The zero-order chi connectivity index (χ0) is 51.2. The van der Waals surface area contributed by atoms with Crippen LogP contribution in [0.15, 0.2) is 328 Å². The van der Waals surface area contributed by atoms with Gasteiger partial charge in [-0.15, -0.1) is 0 Å². The molecule has 1 aliphatic rings. The van der Waals surface area contributed by atoms with Gasteiger partial charge >= 0.3 is 20.1 Å². The number of hydrogen-bond acceptors (Lipinski definition) is 0. The third kappa shape index (κ3) is 14.7. The normalized spacial score (nSPS) is 11.7. The molecule has 0 heterocycles. The second-order valence-corrected chi connectivity index (χ2v) is 25.9. The van der Waals surface area contributed by atoms with Crippen molar-refractivity contribution in [3.8, 4) is 0 Å². The van der Waals surface area contributed by atoms with Gasteiger partial charge in [0.25, 0.3) is 0 Å². The van der Waals surface area contributed by atoms with E-state index in [2.05, 4.69) is 310 Å². The van der Waals surface area contributed by atoms with E-state index >= 15 is 0 Å². The maximum absolute atomic E-state index is 2.61. The molecule has 0 amide bonds. The van der Waals surface area contributed by atoms with Gasteiger partial charge in [0.1, 0.15) is 6.15 Å². The maximum Gasteiger partial charge on any atom is 3.00 e. The minimum absolute atomic E-state index is 0. The van der Waals surface area contributed by atoms with Gasteiger partial charge in [-0.1, -0.05) is 310 Å². The summed E-state index contributed by atoms with van der Waals surface area (Å²) in [5.41, 5.74) is 5.43. The van der Waals surface area contributed by atoms with Gasteiger partial charge < -0.3 is 0 Å². The van der Waals surface area contributed by atoms with E-state index in [1.807, 2.05) is 37.1 Å². The summed E-state index contributed by atoms with van der Waals surface area (Å²) in [4.78, 5) is 0. The van der Waals surface area contributed by atoms with Gasteiger partial charge in [-0.3, -0.25) is 37.1 Å². The number of hydrogen-bond donors (Lipinski definition) is 0. The van der Waals surface area contributed by atoms with Crippen molar-refractivity contribution >= 4 is 83.6 Å². The summed E-state index contributed by atoms with van der Waals surface area (Å²) in [5, 5.41) is 8.79. The van der Waals surface area contributed by atoms with E-state index in [1.165, 1.54) is 53.7 Å². The molecule has 0 aliphatic heterocycles. The first kappa shape index (κ1) is 55.7. The van der Waals surface area contributed by atoms with Crippen LogP contribution in [0.3, 0.4) is 0 Å². The Hall–Kier alpha value is -6.58. The first-order valence-electron chi connectivity index (χ1n) is 26.1. The molecular weight excluding hydrogens is 1150 g/mol. The summed E-state index contributed by atoms with van der Waals surface area (Å²) in [6, 6.07) is 111. The molecule has 76 heavy (non-hydrogen) atoms. The van der Waals surface area contributed by atoms with Crippen molar-refractivity contribution < 1.29 is 20.1 Å². The van der Waals surface area contributed by atoms with E-state index in [4.69, 9.17) is 0 Å². The average molecular weight is 1210 g/mol. The van der Waals surface area contributed by atoms with E-state index in [0.717, 1.165) is 18.5 Å². The van der Waals surface area contributed by atoms with Crippen LogP contribution in [0, 0.1) is 18.3 Å². The number of allylic oxidation sites excluding steroid dienone is 4. The van der Waals surface area contributed by atoms with E-state index in [9.17, 15) is 0 Å². The van der Waals surface area contributed by atoms with Crippen LogP contribution in [-0.4, -0.2) is 24.6 Å². The van der Waals surface area contributed by atoms with Crippen molar-refractivity contribution in [2.75, 3.05) is 18.5 Å². The molecule has 10 aromatic carbocycles. The van der Waals surface area contributed by atoms with Gasteiger partial charge in [-0.2, -0.15) is 21.9 Å². The molecule has 1 aliphatic carbocycles. The molecule has 0 atom stereocenters. The van der Waals surface area contributed by atoms with E-state index < -0.39 is 29.9 Å². The quantitative estimate of drug-likeness (QED) is 0.0514. The van der Waals surface area contributed by atoms with Gasteiger partial charge in [0.15, 0.2) is 0 Å². The van der Waals surface area contributed by atoms with Gasteiger partial charge in [0, 0.05) is 0 Å². The topological polar surface area (TPSA) is 0 Å². The van der Waals surface area contributed by atoms with E-state index in [-0.39, 0.29) is 25.5 Å². The molecule has 0 N–H and O–H groups in total. The molecule has 10 aromatic rings. The van der Waals surface area contributed by atoms with Crippen molar-refractivity contribution in [2.45, 2.75) is 6.92 Å². The van der Waals surface area contributed by atoms with Crippen LogP contribution in [0.1, 0.15) is 6.92 Å². The van der Waals surface area contributed by atoms with E-state index in [0.29, 0.717) is 0 Å². The van der Waals surface area contributed by atoms with Crippen LogP contribution in [0.25, 0.3) is 0 Å². The van der Waals surface area contributed by atoms with E-state index in [1.54, 1.807) is 0 Å². The van der Waals surface area contributed by atoms with Crippen LogP contribution in [0.2, 0.25) is 0 Å². The van der Waals surface area contributed by atoms with Crippen molar-refractivity contribution in [3.05, 3.63) is 340 Å². The zero-order valence-corrected chi connectivity index (χ0v) is 48.3. The van der Waals surface area contributed by atoms with Crippen LogP contribution in [-0.2, 0) is 20.1 Å². The second-order valence-electron chi connectivity index (χ2n) is 19.2. The van der Waals surface area contributed by atoms with Crippen LogP contribution in [0.5, 0.6) is 0 Å². The smallest absolute Gasteiger partial charge is 0.281 e. The van der Waals surface area contributed by atoms with Crippen LogP contribution < -0.4 is 53.7 Å². The Morgan fingerprint density at radius 2 is 0.421 bits per heavy atom. The Labute approximate surface area is 471 Å². The number of rotatable bonds is 16. The van der Waals surface area contributed by atoms with Crippen LogP contribution in [0.4, 0.5) is 0 Å².